The van der Waals surface area contributed by atoms with Gasteiger partial charge in [-0.3, -0.25) is 10.1 Å². The molecule has 1 amide bonds. The number of carbonyl (C=O) groups is 1. The Morgan fingerprint density at radius 3 is 2.32 bits per heavy atom. The largest absolute Gasteiger partial charge is 0.298 e. The number of piperidine rings is 1. The Labute approximate surface area is 187 Å². The van der Waals surface area contributed by atoms with Crippen molar-refractivity contribution in [3.8, 4) is 10.4 Å². The third kappa shape index (κ3) is 4.87. The molecular weight excluding hydrogens is 430 g/mol. The predicted molar refractivity (Wildman–Crippen MR) is 124 cm³/mol. The zero-order valence-electron chi connectivity index (χ0n) is 17.5. The standard InChI is InChI=1S/C23H25N3O3S2/c1-16-12-17(2)15-26(14-16)31(28,29)20-10-8-19(9-11-20)22(27)25-23-24-13-21(30-23)18-6-4-3-5-7-18/h3-11,13,16-17H,12,14-15H2,1-2H3,(H,24,25,27)/t16-,17+. The van der Waals surface area contributed by atoms with E-state index in [1.165, 1.54) is 23.5 Å². The van der Waals surface area contributed by atoms with Crippen LogP contribution in [-0.4, -0.2) is 36.7 Å². The highest BCUT2D eigenvalue weighted by Gasteiger charge is 2.31. The van der Waals surface area contributed by atoms with Crippen LogP contribution in [0.2, 0.25) is 0 Å². The van der Waals surface area contributed by atoms with Crippen LogP contribution in [0.4, 0.5) is 5.13 Å². The second-order valence-corrected chi connectivity index (χ2v) is 11.1. The summed E-state index contributed by atoms with van der Waals surface area (Å²) in [6, 6.07) is 15.9. The maximum Gasteiger partial charge on any atom is 0.257 e. The van der Waals surface area contributed by atoms with Gasteiger partial charge in [-0.2, -0.15) is 4.31 Å². The van der Waals surface area contributed by atoms with Gasteiger partial charge in [-0.05, 0) is 48.1 Å². The van der Waals surface area contributed by atoms with Crippen molar-refractivity contribution in [3.05, 3.63) is 66.4 Å². The molecule has 8 heteroatoms. The van der Waals surface area contributed by atoms with Crippen molar-refractivity contribution in [1.82, 2.24) is 9.29 Å². The molecule has 1 fully saturated rings. The normalized spacial score (nSPS) is 19.8. The highest BCUT2D eigenvalue weighted by molar-refractivity contribution is 7.89. The van der Waals surface area contributed by atoms with E-state index in [1.807, 2.05) is 30.3 Å². The maximum atomic E-state index is 13.0. The van der Waals surface area contributed by atoms with Crippen molar-refractivity contribution in [2.45, 2.75) is 25.2 Å². The Balaban J connectivity index is 1.45. The summed E-state index contributed by atoms with van der Waals surface area (Å²) < 4.78 is 27.6. The lowest BCUT2D eigenvalue weighted by Crippen LogP contribution is -2.42. The first-order valence-corrected chi connectivity index (χ1v) is 12.5. The fraction of sp³-hybridized carbons (Fsp3) is 0.304. The SMILES string of the molecule is C[C@@H]1C[C@H](C)CN(S(=O)(=O)c2ccc(C(=O)Nc3ncc(-c4ccccc4)s3)cc2)C1. The highest BCUT2D eigenvalue weighted by atomic mass is 32.2. The minimum Gasteiger partial charge on any atom is -0.298 e. The van der Waals surface area contributed by atoms with Crippen molar-refractivity contribution >= 4 is 32.4 Å². The van der Waals surface area contributed by atoms with Gasteiger partial charge in [0.1, 0.15) is 0 Å². The summed E-state index contributed by atoms with van der Waals surface area (Å²) in [5, 5.41) is 3.29. The van der Waals surface area contributed by atoms with Crippen LogP contribution >= 0.6 is 11.3 Å². The summed E-state index contributed by atoms with van der Waals surface area (Å²) in [5.74, 6) is 0.350. The number of amides is 1. The van der Waals surface area contributed by atoms with Crippen molar-refractivity contribution < 1.29 is 13.2 Å². The third-order valence-corrected chi connectivity index (χ3v) is 8.18. The number of nitrogens with one attached hydrogen (secondary N) is 1. The van der Waals surface area contributed by atoms with Crippen LogP contribution in [0.3, 0.4) is 0 Å². The Bertz CT molecular complexity index is 1150. The molecule has 1 saturated heterocycles. The fourth-order valence-electron chi connectivity index (χ4n) is 3.97. The topological polar surface area (TPSA) is 79.4 Å². The molecule has 1 aromatic heterocycles. The first kappa shape index (κ1) is 21.7. The monoisotopic (exact) mass is 455 g/mol. The van der Waals surface area contributed by atoms with Crippen LogP contribution in [0.5, 0.6) is 0 Å². The van der Waals surface area contributed by atoms with Crippen molar-refractivity contribution in [2.75, 3.05) is 18.4 Å². The van der Waals surface area contributed by atoms with Gasteiger partial charge in [-0.15, -0.1) is 0 Å². The van der Waals surface area contributed by atoms with E-state index in [1.54, 1.807) is 22.6 Å². The van der Waals surface area contributed by atoms with Gasteiger partial charge in [0.05, 0.1) is 9.77 Å². The molecule has 1 aliphatic rings. The van der Waals surface area contributed by atoms with E-state index in [0.717, 1.165) is 16.9 Å². The summed E-state index contributed by atoms with van der Waals surface area (Å²) in [7, 11) is -3.57. The van der Waals surface area contributed by atoms with E-state index in [4.69, 9.17) is 0 Å². The molecule has 2 atom stereocenters. The molecule has 1 aliphatic heterocycles. The number of benzene rings is 2. The molecule has 2 aromatic carbocycles. The van der Waals surface area contributed by atoms with Gasteiger partial charge in [0, 0.05) is 24.8 Å². The second-order valence-electron chi connectivity index (χ2n) is 8.14. The molecule has 0 radical (unpaired) electrons. The molecule has 162 valence electrons. The first-order chi connectivity index (χ1) is 14.8. The molecule has 6 nitrogen and oxygen atoms in total. The molecule has 0 spiro atoms. The lowest BCUT2D eigenvalue weighted by molar-refractivity contribution is 0.102. The van der Waals surface area contributed by atoms with E-state index < -0.39 is 10.0 Å². The minimum absolute atomic E-state index is 0.214. The number of hydrogen-bond acceptors (Lipinski definition) is 5. The molecule has 0 unspecified atom stereocenters. The van der Waals surface area contributed by atoms with Crippen LogP contribution in [0.15, 0.2) is 65.7 Å². The lowest BCUT2D eigenvalue weighted by Gasteiger charge is -2.34. The van der Waals surface area contributed by atoms with Gasteiger partial charge in [-0.25, -0.2) is 13.4 Å². The summed E-state index contributed by atoms with van der Waals surface area (Å²) in [6.07, 6.45) is 2.76. The predicted octanol–water partition coefficient (Wildman–Crippen LogP) is 4.73. The quantitative estimate of drug-likeness (QED) is 0.603. The highest BCUT2D eigenvalue weighted by Crippen LogP contribution is 2.29. The van der Waals surface area contributed by atoms with E-state index in [2.05, 4.69) is 24.1 Å². The van der Waals surface area contributed by atoms with Crippen molar-refractivity contribution in [1.29, 1.82) is 0 Å². The Morgan fingerprint density at radius 1 is 1.03 bits per heavy atom. The molecule has 0 saturated carbocycles. The Hall–Kier alpha value is -2.55. The number of carbonyl (C=O) groups excluding carboxylic acids is 1. The van der Waals surface area contributed by atoms with Gasteiger partial charge in [0.25, 0.3) is 5.91 Å². The summed E-state index contributed by atoms with van der Waals surface area (Å²) in [5.41, 5.74) is 1.42. The van der Waals surface area contributed by atoms with Gasteiger partial charge in [0.2, 0.25) is 10.0 Å². The van der Waals surface area contributed by atoms with Crippen molar-refractivity contribution in [3.63, 3.8) is 0 Å². The van der Waals surface area contributed by atoms with Crippen LogP contribution in [0.1, 0.15) is 30.6 Å². The molecular formula is C23H25N3O3S2. The smallest absolute Gasteiger partial charge is 0.257 e. The summed E-state index contributed by atoms with van der Waals surface area (Å²) in [4.78, 5) is 18.1. The molecule has 31 heavy (non-hydrogen) atoms. The van der Waals surface area contributed by atoms with Crippen LogP contribution in [0, 0.1) is 11.8 Å². The van der Waals surface area contributed by atoms with Crippen LogP contribution < -0.4 is 5.32 Å². The average Bonchev–Trinajstić information content (AvgIpc) is 3.22. The Morgan fingerprint density at radius 2 is 1.68 bits per heavy atom. The second kappa shape index (κ2) is 8.90. The number of hydrogen-bond donors (Lipinski definition) is 1. The molecule has 1 N–H and O–H groups in total. The number of nitrogens with zero attached hydrogens (tertiary/aromatic N) is 2. The van der Waals surface area contributed by atoms with E-state index in [0.29, 0.717) is 35.6 Å². The lowest BCUT2D eigenvalue weighted by atomic mass is 9.94. The molecule has 0 bridgehead atoms. The van der Waals surface area contributed by atoms with Crippen LogP contribution in [0.25, 0.3) is 10.4 Å². The number of aromatic nitrogens is 1. The summed E-state index contributed by atoms with van der Waals surface area (Å²) in [6.45, 7) is 5.21. The zero-order valence-corrected chi connectivity index (χ0v) is 19.1. The average molecular weight is 456 g/mol. The molecule has 2 heterocycles. The number of anilines is 1. The van der Waals surface area contributed by atoms with Crippen molar-refractivity contribution in [2.24, 2.45) is 11.8 Å². The molecule has 3 aromatic rings. The number of thiazole rings is 1. The van der Waals surface area contributed by atoms with E-state index in [-0.39, 0.29) is 10.8 Å². The van der Waals surface area contributed by atoms with Gasteiger partial charge in [0.15, 0.2) is 5.13 Å². The van der Waals surface area contributed by atoms with E-state index in [9.17, 15) is 13.2 Å². The van der Waals surface area contributed by atoms with E-state index >= 15 is 0 Å². The number of rotatable bonds is 5. The minimum atomic E-state index is -3.57. The maximum absolute atomic E-state index is 13.0. The zero-order chi connectivity index (χ0) is 22.0. The molecule has 0 aliphatic carbocycles. The van der Waals surface area contributed by atoms with Gasteiger partial charge >= 0.3 is 0 Å². The third-order valence-electron chi connectivity index (χ3n) is 5.37. The van der Waals surface area contributed by atoms with Gasteiger partial charge in [-0.1, -0.05) is 55.5 Å². The fourth-order valence-corrected chi connectivity index (χ4v) is 6.46. The van der Waals surface area contributed by atoms with Gasteiger partial charge < -0.3 is 0 Å². The van der Waals surface area contributed by atoms with Crippen LogP contribution in [-0.2, 0) is 10.0 Å². The molecule has 4 rings (SSSR count). The first-order valence-electron chi connectivity index (χ1n) is 10.3. The summed E-state index contributed by atoms with van der Waals surface area (Å²) >= 11 is 1.39. The Kier molecular flexibility index (Phi) is 6.22. The number of sulfonamides is 1.